The molecule has 80 valence electrons. The Hall–Kier alpha value is -1.07. The Morgan fingerprint density at radius 2 is 2.07 bits per heavy atom. The first-order valence-corrected chi connectivity index (χ1v) is 6.62. The molecule has 1 aromatic heterocycles. The summed E-state index contributed by atoms with van der Waals surface area (Å²) < 4.78 is 35.3. The number of nitrogens with one attached hydrogen (secondary N) is 1. The summed E-state index contributed by atoms with van der Waals surface area (Å²) in [5.74, 6) is -1.04. The zero-order valence-electron chi connectivity index (χ0n) is 7.50. The molecule has 2 rings (SSSR count). The van der Waals surface area contributed by atoms with Gasteiger partial charge in [0.2, 0.25) is 9.05 Å². The maximum Gasteiger partial charge on any atom is 0.236 e. The van der Waals surface area contributed by atoms with Crippen LogP contribution in [0.2, 0.25) is 0 Å². The van der Waals surface area contributed by atoms with Gasteiger partial charge in [0.05, 0.1) is 5.75 Å². The lowest BCUT2D eigenvalue weighted by atomic mass is 10.1. The number of hydrogen-bond acceptors (Lipinski definition) is 2. The van der Waals surface area contributed by atoms with Crippen LogP contribution in [-0.4, -0.2) is 13.4 Å². The Bertz CT molecular complexity index is 606. The smallest absolute Gasteiger partial charge is 0.236 e. The quantitative estimate of drug-likeness (QED) is 0.829. The van der Waals surface area contributed by atoms with E-state index in [-0.39, 0.29) is 5.56 Å². The number of aromatic nitrogens is 1. The summed E-state index contributed by atoms with van der Waals surface area (Å²) >= 11 is 0. The van der Waals surface area contributed by atoms with Crippen molar-refractivity contribution in [2.75, 3.05) is 0 Å². The van der Waals surface area contributed by atoms with Crippen LogP contribution >= 0.6 is 10.7 Å². The second-order valence-electron chi connectivity index (χ2n) is 3.16. The number of rotatable bonds is 2. The molecule has 1 aromatic carbocycles. The van der Waals surface area contributed by atoms with E-state index < -0.39 is 20.6 Å². The van der Waals surface area contributed by atoms with E-state index >= 15 is 0 Å². The lowest BCUT2D eigenvalue weighted by Gasteiger charge is -2.01. The van der Waals surface area contributed by atoms with Crippen LogP contribution in [0.25, 0.3) is 10.9 Å². The predicted octanol–water partition coefficient (Wildman–Crippen LogP) is 2.38. The molecule has 2 aromatic rings. The predicted molar refractivity (Wildman–Crippen MR) is 56.7 cm³/mol. The molecule has 0 atom stereocenters. The minimum atomic E-state index is -3.73. The number of hydrogen-bond donors (Lipinski definition) is 1. The van der Waals surface area contributed by atoms with Gasteiger partial charge in [-0.15, -0.1) is 0 Å². The first kappa shape index (κ1) is 10.4. The van der Waals surface area contributed by atoms with Gasteiger partial charge in [0.25, 0.3) is 0 Å². The molecule has 0 radical (unpaired) electrons. The monoisotopic (exact) mass is 247 g/mol. The molecule has 0 saturated heterocycles. The highest BCUT2D eigenvalue weighted by molar-refractivity contribution is 8.13. The van der Waals surface area contributed by atoms with E-state index in [1.807, 2.05) is 0 Å². The van der Waals surface area contributed by atoms with Gasteiger partial charge in [-0.25, -0.2) is 12.8 Å². The fourth-order valence-corrected chi connectivity index (χ4v) is 2.39. The van der Waals surface area contributed by atoms with Gasteiger partial charge in [-0.2, -0.15) is 0 Å². The Morgan fingerprint density at radius 1 is 1.33 bits per heavy atom. The van der Waals surface area contributed by atoms with Crippen molar-refractivity contribution in [1.82, 2.24) is 4.98 Å². The average Bonchev–Trinajstić information content (AvgIpc) is 2.56. The van der Waals surface area contributed by atoms with E-state index in [0.717, 1.165) is 0 Å². The highest BCUT2D eigenvalue weighted by atomic mass is 35.7. The normalized spacial score (nSPS) is 12.1. The molecular formula is C9H7ClFNO2S. The largest absolute Gasteiger partial charge is 0.361 e. The van der Waals surface area contributed by atoms with Crippen LogP contribution in [0, 0.1) is 5.82 Å². The van der Waals surface area contributed by atoms with Crippen LogP contribution in [-0.2, 0) is 14.8 Å². The summed E-state index contributed by atoms with van der Waals surface area (Å²) in [4.78, 5) is 2.83. The molecule has 1 heterocycles. The molecule has 0 fully saturated rings. The van der Waals surface area contributed by atoms with Gasteiger partial charge in [-0.1, -0.05) is 6.07 Å². The topological polar surface area (TPSA) is 49.9 Å². The van der Waals surface area contributed by atoms with Crippen molar-refractivity contribution in [2.24, 2.45) is 0 Å². The highest BCUT2D eigenvalue weighted by Crippen LogP contribution is 2.22. The fourth-order valence-electron chi connectivity index (χ4n) is 1.44. The minimum absolute atomic E-state index is 0.0806. The fraction of sp³-hybridized carbons (Fsp3) is 0.111. The van der Waals surface area contributed by atoms with Gasteiger partial charge in [0.15, 0.2) is 0 Å². The Labute approximate surface area is 90.3 Å². The number of benzene rings is 1. The van der Waals surface area contributed by atoms with Crippen molar-refractivity contribution < 1.29 is 12.8 Å². The van der Waals surface area contributed by atoms with E-state index in [1.165, 1.54) is 6.07 Å². The Kier molecular flexibility index (Phi) is 2.44. The SMILES string of the molecule is O=S(=O)(Cl)Cc1ccc2[nH]ccc2c1F. The second-order valence-corrected chi connectivity index (χ2v) is 5.94. The Balaban J connectivity index is 2.58. The number of halogens is 2. The standard InChI is InChI=1S/C9H7ClFNO2S/c10-15(13,14)5-6-1-2-8-7(9(6)11)3-4-12-8/h1-4,12H,5H2. The first-order chi connectivity index (χ1) is 6.97. The van der Waals surface area contributed by atoms with Crippen molar-refractivity contribution in [3.05, 3.63) is 35.8 Å². The average molecular weight is 248 g/mol. The molecule has 0 amide bonds. The summed E-state index contributed by atoms with van der Waals surface area (Å²) in [5, 5.41) is 0.368. The van der Waals surface area contributed by atoms with Crippen molar-refractivity contribution in [3.63, 3.8) is 0 Å². The summed E-state index contributed by atoms with van der Waals surface area (Å²) in [6, 6.07) is 4.58. The van der Waals surface area contributed by atoms with E-state index in [1.54, 1.807) is 18.3 Å². The third-order valence-electron chi connectivity index (χ3n) is 2.08. The van der Waals surface area contributed by atoms with Crippen molar-refractivity contribution in [1.29, 1.82) is 0 Å². The van der Waals surface area contributed by atoms with Crippen molar-refractivity contribution in [3.8, 4) is 0 Å². The van der Waals surface area contributed by atoms with Gasteiger partial charge in [0, 0.05) is 33.3 Å². The number of fused-ring (bicyclic) bond motifs is 1. The lowest BCUT2D eigenvalue weighted by Crippen LogP contribution is -1.98. The van der Waals surface area contributed by atoms with Crippen LogP contribution in [0.1, 0.15) is 5.56 Å². The first-order valence-electron chi connectivity index (χ1n) is 4.14. The van der Waals surface area contributed by atoms with E-state index in [2.05, 4.69) is 4.98 Å². The summed E-state index contributed by atoms with van der Waals surface area (Å²) in [5.41, 5.74) is 0.709. The number of H-pyrrole nitrogens is 1. The van der Waals surface area contributed by atoms with Crippen molar-refractivity contribution >= 4 is 30.6 Å². The Morgan fingerprint density at radius 3 is 2.73 bits per heavy atom. The van der Waals surface area contributed by atoms with Crippen LogP contribution in [0.4, 0.5) is 4.39 Å². The summed E-state index contributed by atoms with van der Waals surface area (Å²) in [6.07, 6.45) is 1.59. The van der Waals surface area contributed by atoms with Crippen molar-refractivity contribution in [2.45, 2.75) is 5.75 Å². The molecule has 0 spiro atoms. The molecule has 1 N–H and O–H groups in total. The van der Waals surface area contributed by atoms with Crippen LogP contribution in [0.15, 0.2) is 24.4 Å². The molecule has 0 aliphatic carbocycles. The van der Waals surface area contributed by atoms with Gasteiger partial charge < -0.3 is 4.98 Å². The molecule has 0 aliphatic rings. The van der Waals surface area contributed by atoms with E-state index in [0.29, 0.717) is 10.9 Å². The van der Waals surface area contributed by atoms with Gasteiger partial charge in [0.1, 0.15) is 5.82 Å². The zero-order valence-corrected chi connectivity index (χ0v) is 9.07. The van der Waals surface area contributed by atoms with E-state index in [4.69, 9.17) is 10.7 Å². The summed E-state index contributed by atoms with van der Waals surface area (Å²) in [7, 11) is 1.33. The highest BCUT2D eigenvalue weighted by Gasteiger charge is 2.13. The van der Waals surface area contributed by atoms with Gasteiger partial charge in [-0.05, 0) is 12.1 Å². The summed E-state index contributed by atoms with van der Waals surface area (Å²) in [6.45, 7) is 0. The minimum Gasteiger partial charge on any atom is -0.361 e. The zero-order chi connectivity index (χ0) is 11.1. The maximum absolute atomic E-state index is 13.7. The van der Waals surface area contributed by atoms with Crippen LogP contribution in [0.5, 0.6) is 0 Å². The molecular weight excluding hydrogens is 241 g/mol. The van der Waals surface area contributed by atoms with Crippen LogP contribution < -0.4 is 0 Å². The third-order valence-corrected chi connectivity index (χ3v) is 3.06. The molecule has 0 bridgehead atoms. The van der Waals surface area contributed by atoms with Crippen LogP contribution in [0.3, 0.4) is 0 Å². The van der Waals surface area contributed by atoms with Gasteiger partial charge in [-0.3, -0.25) is 0 Å². The van der Waals surface area contributed by atoms with Gasteiger partial charge >= 0.3 is 0 Å². The molecule has 0 unspecified atom stereocenters. The molecule has 6 heteroatoms. The lowest BCUT2D eigenvalue weighted by molar-refractivity contribution is 0.601. The van der Waals surface area contributed by atoms with E-state index in [9.17, 15) is 12.8 Å². The number of aromatic amines is 1. The molecule has 0 saturated carbocycles. The second kappa shape index (κ2) is 3.50. The molecule has 3 nitrogen and oxygen atoms in total. The third kappa shape index (κ3) is 2.13. The molecule has 0 aliphatic heterocycles. The molecule has 15 heavy (non-hydrogen) atoms. The maximum atomic E-state index is 13.7.